The number of hydrogen-bond donors (Lipinski definition) is 1. The summed E-state index contributed by atoms with van der Waals surface area (Å²) < 4.78 is 30.5. The van der Waals surface area contributed by atoms with Gasteiger partial charge in [-0.05, 0) is 19.4 Å². The van der Waals surface area contributed by atoms with E-state index in [1.165, 1.54) is 0 Å². The summed E-state index contributed by atoms with van der Waals surface area (Å²) in [4.78, 5) is 0. The third kappa shape index (κ3) is 5.05. The highest BCUT2D eigenvalue weighted by Gasteiger charge is 2.15. The van der Waals surface area contributed by atoms with Crippen LogP contribution < -0.4 is 5.32 Å². The van der Waals surface area contributed by atoms with E-state index in [1.54, 1.807) is 10.9 Å². The van der Waals surface area contributed by atoms with Crippen molar-refractivity contribution in [3.05, 3.63) is 11.9 Å². The summed E-state index contributed by atoms with van der Waals surface area (Å²) >= 11 is 0. The highest BCUT2D eigenvalue weighted by molar-refractivity contribution is 5.01. The van der Waals surface area contributed by atoms with Crippen LogP contribution in [0, 0.1) is 0 Å². The zero-order chi connectivity index (χ0) is 13.4. The topological polar surface area (TPSA) is 52.0 Å². The van der Waals surface area contributed by atoms with Crippen LogP contribution in [0.2, 0.25) is 0 Å². The molecular formula is C11H20F2N4O. The summed E-state index contributed by atoms with van der Waals surface area (Å²) in [6, 6.07) is 0.0302. The Bertz CT molecular complexity index is 333. The van der Waals surface area contributed by atoms with Crippen LogP contribution >= 0.6 is 0 Å². The fraction of sp³-hybridized carbons (Fsp3) is 0.818. The molecule has 0 radical (unpaired) electrons. The monoisotopic (exact) mass is 262 g/mol. The summed E-state index contributed by atoms with van der Waals surface area (Å²) in [6.07, 6.45) is 0.888. The Labute approximate surface area is 106 Å². The van der Waals surface area contributed by atoms with Gasteiger partial charge in [0, 0.05) is 13.7 Å². The van der Waals surface area contributed by atoms with Gasteiger partial charge in [-0.15, -0.1) is 5.10 Å². The fourth-order valence-corrected chi connectivity index (χ4v) is 1.66. The van der Waals surface area contributed by atoms with Crippen LogP contribution in [0.15, 0.2) is 6.20 Å². The third-order valence-corrected chi connectivity index (χ3v) is 2.54. The molecular weight excluding hydrogens is 242 g/mol. The first-order valence-corrected chi connectivity index (χ1v) is 6.09. The lowest BCUT2D eigenvalue weighted by Crippen LogP contribution is -2.25. The minimum absolute atomic E-state index is 0.0302. The van der Waals surface area contributed by atoms with Gasteiger partial charge in [0.1, 0.15) is 6.61 Å². The van der Waals surface area contributed by atoms with E-state index in [1.807, 2.05) is 7.05 Å². The number of rotatable bonds is 9. The van der Waals surface area contributed by atoms with Crippen LogP contribution in [0.4, 0.5) is 8.78 Å². The Kier molecular flexibility index (Phi) is 6.74. The maximum atomic E-state index is 11.9. The lowest BCUT2D eigenvalue weighted by atomic mass is 10.1. The maximum Gasteiger partial charge on any atom is 0.261 e. The van der Waals surface area contributed by atoms with E-state index < -0.39 is 13.0 Å². The van der Waals surface area contributed by atoms with Crippen LogP contribution in [-0.2, 0) is 11.8 Å². The van der Waals surface area contributed by atoms with Crippen molar-refractivity contribution in [3.63, 3.8) is 0 Å². The van der Waals surface area contributed by atoms with Crippen LogP contribution in [0.3, 0.4) is 0 Å². The van der Waals surface area contributed by atoms with Gasteiger partial charge in [0.15, 0.2) is 0 Å². The SMILES string of the molecule is CCCNC(CCOCC(F)F)c1cnnn1C. The molecule has 0 aliphatic carbocycles. The normalized spacial score (nSPS) is 13.2. The second-order valence-electron chi connectivity index (χ2n) is 4.04. The Balaban J connectivity index is 2.44. The minimum Gasteiger partial charge on any atom is -0.375 e. The third-order valence-electron chi connectivity index (χ3n) is 2.54. The highest BCUT2D eigenvalue weighted by atomic mass is 19.3. The van der Waals surface area contributed by atoms with Crippen LogP contribution in [0.1, 0.15) is 31.5 Å². The Hall–Kier alpha value is -1.08. The molecule has 1 rings (SSSR count). The number of halogens is 2. The van der Waals surface area contributed by atoms with Crippen molar-refractivity contribution in [2.75, 3.05) is 19.8 Å². The van der Waals surface area contributed by atoms with Crippen molar-refractivity contribution in [3.8, 4) is 0 Å². The number of nitrogens with zero attached hydrogens (tertiary/aromatic N) is 3. The van der Waals surface area contributed by atoms with E-state index in [-0.39, 0.29) is 12.6 Å². The van der Waals surface area contributed by atoms with Crippen molar-refractivity contribution >= 4 is 0 Å². The van der Waals surface area contributed by atoms with Gasteiger partial charge in [0.05, 0.1) is 17.9 Å². The number of aromatic nitrogens is 3. The zero-order valence-electron chi connectivity index (χ0n) is 10.8. The number of alkyl halides is 2. The zero-order valence-corrected chi connectivity index (χ0v) is 10.8. The molecule has 0 aromatic carbocycles. The van der Waals surface area contributed by atoms with Gasteiger partial charge in [-0.1, -0.05) is 12.1 Å². The second kappa shape index (κ2) is 8.10. The van der Waals surface area contributed by atoms with Gasteiger partial charge in [-0.3, -0.25) is 4.68 Å². The molecule has 7 heteroatoms. The molecule has 1 N–H and O–H groups in total. The Morgan fingerprint density at radius 1 is 1.50 bits per heavy atom. The first kappa shape index (κ1) is 15.0. The number of nitrogens with one attached hydrogen (secondary N) is 1. The predicted molar refractivity (Wildman–Crippen MR) is 63.5 cm³/mol. The molecule has 0 aliphatic heterocycles. The lowest BCUT2D eigenvalue weighted by molar-refractivity contribution is 0.0142. The number of hydrogen-bond acceptors (Lipinski definition) is 4. The van der Waals surface area contributed by atoms with Crippen molar-refractivity contribution < 1.29 is 13.5 Å². The molecule has 0 amide bonds. The van der Waals surface area contributed by atoms with Crippen molar-refractivity contribution in [2.24, 2.45) is 7.05 Å². The molecule has 1 unspecified atom stereocenters. The molecule has 1 aromatic heterocycles. The van der Waals surface area contributed by atoms with Gasteiger partial charge in [0.2, 0.25) is 0 Å². The number of ether oxygens (including phenoxy) is 1. The Morgan fingerprint density at radius 3 is 2.83 bits per heavy atom. The minimum atomic E-state index is -2.41. The van der Waals surface area contributed by atoms with Gasteiger partial charge in [-0.2, -0.15) is 0 Å². The molecule has 1 heterocycles. The van der Waals surface area contributed by atoms with E-state index in [0.29, 0.717) is 6.42 Å². The van der Waals surface area contributed by atoms with E-state index in [9.17, 15) is 8.78 Å². The molecule has 1 aromatic rings. The maximum absolute atomic E-state index is 11.9. The van der Waals surface area contributed by atoms with Crippen molar-refractivity contribution in [1.82, 2.24) is 20.3 Å². The largest absolute Gasteiger partial charge is 0.375 e. The van der Waals surface area contributed by atoms with E-state index >= 15 is 0 Å². The van der Waals surface area contributed by atoms with Gasteiger partial charge < -0.3 is 10.1 Å². The quantitative estimate of drug-likeness (QED) is 0.686. The first-order valence-electron chi connectivity index (χ1n) is 6.09. The van der Waals surface area contributed by atoms with Crippen molar-refractivity contribution in [2.45, 2.75) is 32.2 Å². The molecule has 0 aliphatic rings. The molecule has 18 heavy (non-hydrogen) atoms. The van der Waals surface area contributed by atoms with Crippen LogP contribution in [-0.4, -0.2) is 41.2 Å². The highest BCUT2D eigenvalue weighted by Crippen LogP contribution is 2.15. The second-order valence-corrected chi connectivity index (χ2v) is 4.04. The summed E-state index contributed by atoms with van der Waals surface area (Å²) in [6.45, 7) is 2.70. The Morgan fingerprint density at radius 2 is 2.28 bits per heavy atom. The van der Waals surface area contributed by atoms with E-state index in [0.717, 1.165) is 18.7 Å². The van der Waals surface area contributed by atoms with Crippen LogP contribution in [0.25, 0.3) is 0 Å². The fourth-order valence-electron chi connectivity index (χ4n) is 1.66. The summed E-state index contributed by atoms with van der Waals surface area (Å²) in [5.74, 6) is 0. The average molecular weight is 262 g/mol. The first-order chi connectivity index (χ1) is 8.65. The molecule has 0 saturated heterocycles. The average Bonchev–Trinajstić information content (AvgIpc) is 2.74. The van der Waals surface area contributed by atoms with Crippen molar-refractivity contribution in [1.29, 1.82) is 0 Å². The van der Waals surface area contributed by atoms with Gasteiger partial charge in [0.25, 0.3) is 6.43 Å². The molecule has 0 spiro atoms. The summed E-state index contributed by atoms with van der Waals surface area (Å²) in [5.41, 5.74) is 0.934. The standard InChI is InChI=1S/C11H20F2N4O/c1-3-5-14-9(4-6-18-8-11(12)13)10-7-15-16-17(10)2/h7,9,11,14H,3-6,8H2,1-2H3. The molecule has 0 fully saturated rings. The summed E-state index contributed by atoms with van der Waals surface area (Å²) in [5, 5.41) is 11.0. The van der Waals surface area contributed by atoms with E-state index in [4.69, 9.17) is 4.74 Å². The van der Waals surface area contributed by atoms with Crippen LogP contribution in [0.5, 0.6) is 0 Å². The molecule has 1 atom stereocenters. The predicted octanol–water partition coefficient (Wildman–Crippen LogP) is 1.53. The van der Waals surface area contributed by atoms with E-state index in [2.05, 4.69) is 22.6 Å². The van der Waals surface area contributed by atoms with Gasteiger partial charge in [-0.25, -0.2) is 8.78 Å². The van der Waals surface area contributed by atoms with Gasteiger partial charge >= 0.3 is 0 Å². The molecule has 0 saturated carbocycles. The summed E-state index contributed by atoms with van der Waals surface area (Å²) in [7, 11) is 1.81. The lowest BCUT2D eigenvalue weighted by Gasteiger charge is -2.18. The molecule has 0 bridgehead atoms. The molecule has 104 valence electrons. The molecule has 5 nitrogen and oxygen atoms in total. The smallest absolute Gasteiger partial charge is 0.261 e. The number of aryl methyl sites for hydroxylation is 1.